The molecule has 0 saturated carbocycles. The van der Waals surface area contributed by atoms with Crippen LogP contribution in [0, 0.1) is 0 Å². The van der Waals surface area contributed by atoms with E-state index in [9.17, 15) is 0 Å². The number of aryl methyl sites for hydroxylation is 1. The second kappa shape index (κ2) is 7.53. The molecule has 0 radical (unpaired) electrons. The number of nitrogens with one attached hydrogen (secondary N) is 1. The van der Waals surface area contributed by atoms with Crippen molar-refractivity contribution in [1.29, 1.82) is 0 Å². The van der Waals surface area contributed by atoms with Crippen LogP contribution < -0.4 is 5.32 Å². The van der Waals surface area contributed by atoms with Crippen LogP contribution in [0.2, 0.25) is 0 Å². The molecule has 1 N–H and O–H groups in total. The molecule has 0 spiro atoms. The molecule has 0 aliphatic heterocycles. The molecule has 1 aromatic heterocycles. The fourth-order valence-corrected chi connectivity index (χ4v) is 2.97. The van der Waals surface area contributed by atoms with E-state index in [1.54, 1.807) is 11.3 Å². The van der Waals surface area contributed by atoms with Crippen molar-refractivity contribution >= 4 is 11.3 Å². The van der Waals surface area contributed by atoms with Gasteiger partial charge in [0, 0.05) is 30.2 Å². The second-order valence-corrected chi connectivity index (χ2v) is 6.38. The van der Waals surface area contributed by atoms with Gasteiger partial charge in [0.2, 0.25) is 0 Å². The van der Waals surface area contributed by atoms with Crippen molar-refractivity contribution in [2.24, 2.45) is 0 Å². The lowest BCUT2D eigenvalue weighted by Gasteiger charge is -2.22. The Kier molecular flexibility index (Phi) is 5.71. The average molecular weight is 289 g/mol. The van der Waals surface area contributed by atoms with E-state index in [4.69, 9.17) is 0 Å². The van der Waals surface area contributed by atoms with Crippen LogP contribution in [0.1, 0.15) is 28.4 Å². The fraction of sp³-hybridized carbons (Fsp3) is 0.438. The Hall–Kier alpha value is -1.23. The molecular weight excluding hydrogens is 266 g/mol. The third-order valence-corrected chi connectivity index (χ3v) is 4.32. The van der Waals surface area contributed by atoms with Crippen LogP contribution >= 0.6 is 11.3 Å². The Morgan fingerprint density at radius 2 is 2.00 bits per heavy atom. The molecule has 108 valence electrons. The monoisotopic (exact) mass is 289 g/mol. The van der Waals surface area contributed by atoms with Crippen molar-refractivity contribution in [2.75, 3.05) is 20.6 Å². The van der Waals surface area contributed by atoms with Crippen LogP contribution in [0.15, 0.2) is 36.5 Å². The van der Waals surface area contributed by atoms with E-state index < -0.39 is 0 Å². The second-order valence-electron chi connectivity index (χ2n) is 5.18. The fourth-order valence-electron chi connectivity index (χ4n) is 2.16. The van der Waals surface area contributed by atoms with Gasteiger partial charge in [0.15, 0.2) is 0 Å². The van der Waals surface area contributed by atoms with Crippen molar-refractivity contribution in [3.63, 3.8) is 0 Å². The maximum atomic E-state index is 4.41. The van der Waals surface area contributed by atoms with E-state index in [-0.39, 0.29) is 0 Å². The Morgan fingerprint density at radius 1 is 1.25 bits per heavy atom. The Bertz CT molecular complexity index is 507. The first kappa shape index (κ1) is 15.2. The van der Waals surface area contributed by atoms with Gasteiger partial charge in [-0.15, -0.1) is 11.3 Å². The number of hydrogen-bond acceptors (Lipinski definition) is 4. The average Bonchev–Trinajstić information content (AvgIpc) is 2.92. The number of likely N-dealkylation sites (N-methyl/N-ethyl adjacent to an activating group) is 1. The molecule has 0 saturated heterocycles. The Labute approximate surface area is 125 Å². The summed E-state index contributed by atoms with van der Waals surface area (Å²) in [6.07, 6.45) is 3.01. The zero-order valence-corrected chi connectivity index (χ0v) is 13.3. The summed E-state index contributed by atoms with van der Waals surface area (Å²) in [5.74, 6) is 0. The molecule has 1 atom stereocenters. The maximum absolute atomic E-state index is 4.41. The number of nitrogens with zero attached hydrogens (tertiary/aromatic N) is 2. The highest BCUT2D eigenvalue weighted by molar-refractivity contribution is 7.11. The van der Waals surface area contributed by atoms with Crippen molar-refractivity contribution in [2.45, 2.75) is 25.9 Å². The predicted molar refractivity (Wildman–Crippen MR) is 86.1 cm³/mol. The molecule has 4 heteroatoms. The zero-order chi connectivity index (χ0) is 14.4. The summed E-state index contributed by atoms with van der Waals surface area (Å²) in [5, 5.41) is 4.86. The van der Waals surface area contributed by atoms with E-state index in [2.05, 4.69) is 66.6 Å². The van der Waals surface area contributed by atoms with Crippen LogP contribution in [0.25, 0.3) is 0 Å². The van der Waals surface area contributed by atoms with Crippen molar-refractivity contribution < 1.29 is 0 Å². The van der Waals surface area contributed by atoms with E-state index in [1.807, 2.05) is 6.20 Å². The van der Waals surface area contributed by atoms with Crippen molar-refractivity contribution in [3.05, 3.63) is 52.0 Å². The van der Waals surface area contributed by atoms with Gasteiger partial charge in [-0.25, -0.2) is 4.98 Å². The van der Waals surface area contributed by atoms with Gasteiger partial charge in [0.1, 0.15) is 0 Å². The summed E-state index contributed by atoms with van der Waals surface area (Å²) < 4.78 is 0. The SMILES string of the molecule is CCc1ncc(CNC(CN(C)C)c2ccccc2)s1. The molecule has 2 rings (SSSR count). The van der Waals surface area contributed by atoms with E-state index in [0.717, 1.165) is 19.5 Å². The topological polar surface area (TPSA) is 28.2 Å². The van der Waals surface area contributed by atoms with Gasteiger partial charge in [0.05, 0.1) is 5.01 Å². The van der Waals surface area contributed by atoms with Gasteiger partial charge in [-0.3, -0.25) is 0 Å². The first-order valence-corrected chi connectivity index (χ1v) is 7.87. The summed E-state index contributed by atoms with van der Waals surface area (Å²) in [6, 6.07) is 11.0. The van der Waals surface area contributed by atoms with E-state index in [1.165, 1.54) is 15.4 Å². The van der Waals surface area contributed by atoms with Gasteiger partial charge in [-0.2, -0.15) is 0 Å². The molecule has 0 amide bonds. The van der Waals surface area contributed by atoms with Crippen molar-refractivity contribution in [3.8, 4) is 0 Å². The lowest BCUT2D eigenvalue weighted by atomic mass is 10.1. The summed E-state index contributed by atoms with van der Waals surface area (Å²) in [4.78, 5) is 7.94. The van der Waals surface area contributed by atoms with Gasteiger partial charge in [-0.05, 0) is 26.1 Å². The molecule has 1 unspecified atom stereocenters. The largest absolute Gasteiger partial charge is 0.308 e. The number of rotatable bonds is 7. The number of benzene rings is 1. The number of aromatic nitrogens is 1. The van der Waals surface area contributed by atoms with Crippen LogP contribution in [-0.4, -0.2) is 30.5 Å². The molecule has 0 fully saturated rings. The smallest absolute Gasteiger partial charge is 0.0925 e. The van der Waals surface area contributed by atoms with Crippen LogP contribution in [-0.2, 0) is 13.0 Å². The first-order chi connectivity index (χ1) is 9.69. The van der Waals surface area contributed by atoms with Crippen molar-refractivity contribution in [1.82, 2.24) is 15.2 Å². The van der Waals surface area contributed by atoms with Gasteiger partial charge in [0.25, 0.3) is 0 Å². The third kappa shape index (κ3) is 4.40. The molecular formula is C16H23N3S. The minimum atomic E-state index is 0.346. The maximum Gasteiger partial charge on any atom is 0.0925 e. The van der Waals surface area contributed by atoms with Gasteiger partial charge >= 0.3 is 0 Å². The lowest BCUT2D eigenvalue weighted by molar-refractivity contribution is 0.341. The summed E-state index contributed by atoms with van der Waals surface area (Å²) >= 11 is 1.80. The standard InChI is InChI=1S/C16H23N3S/c1-4-16-18-11-14(20-16)10-17-15(12-19(2)3)13-8-6-5-7-9-13/h5-9,11,15,17H,4,10,12H2,1-3H3. The minimum Gasteiger partial charge on any atom is -0.308 e. The number of hydrogen-bond donors (Lipinski definition) is 1. The molecule has 2 aromatic rings. The molecule has 0 aliphatic carbocycles. The molecule has 1 aromatic carbocycles. The summed E-state index contributed by atoms with van der Waals surface area (Å²) in [5.41, 5.74) is 1.33. The van der Waals surface area contributed by atoms with E-state index >= 15 is 0 Å². The lowest BCUT2D eigenvalue weighted by Crippen LogP contribution is -2.30. The van der Waals surface area contributed by atoms with Crippen LogP contribution in [0.4, 0.5) is 0 Å². The van der Waals surface area contributed by atoms with Gasteiger partial charge < -0.3 is 10.2 Å². The number of thiazole rings is 1. The zero-order valence-electron chi connectivity index (χ0n) is 12.5. The molecule has 0 bridgehead atoms. The van der Waals surface area contributed by atoms with E-state index in [0.29, 0.717) is 6.04 Å². The molecule has 0 aliphatic rings. The molecule has 1 heterocycles. The minimum absolute atomic E-state index is 0.346. The molecule has 3 nitrogen and oxygen atoms in total. The normalized spacial score (nSPS) is 12.8. The highest BCUT2D eigenvalue weighted by Gasteiger charge is 2.12. The predicted octanol–water partition coefficient (Wildman–Crippen LogP) is 3.10. The molecule has 20 heavy (non-hydrogen) atoms. The third-order valence-electron chi connectivity index (χ3n) is 3.18. The highest BCUT2D eigenvalue weighted by atomic mass is 32.1. The Balaban J connectivity index is 2.01. The van der Waals surface area contributed by atoms with Crippen LogP contribution in [0.5, 0.6) is 0 Å². The summed E-state index contributed by atoms with van der Waals surface area (Å²) in [6.45, 7) is 4.02. The highest BCUT2D eigenvalue weighted by Crippen LogP contribution is 2.17. The van der Waals surface area contributed by atoms with Gasteiger partial charge in [-0.1, -0.05) is 37.3 Å². The van der Waals surface area contributed by atoms with Crippen LogP contribution in [0.3, 0.4) is 0 Å². The summed E-state index contributed by atoms with van der Waals surface area (Å²) in [7, 11) is 4.22. The first-order valence-electron chi connectivity index (χ1n) is 7.05. The Morgan fingerprint density at radius 3 is 2.60 bits per heavy atom. The quantitative estimate of drug-likeness (QED) is 0.849.